The van der Waals surface area contributed by atoms with E-state index >= 15 is 0 Å². The van der Waals surface area contributed by atoms with Crippen LogP contribution < -0.4 is 4.90 Å². The Morgan fingerprint density at radius 3 is 2.06 bits per heavy atom. The Morgan fingerprint density at radius 2 is 1.41 bits per heavy atom. The Labute approximate surface area is 295 Å². The number of benzene rings is 5. The molecule has 7 rings (SSSR count). The maximum absolute atomic E-state index is 12.0. The van der Waals surface area contributed by atoms with E-state index in [1.54, 1.807) is 12.1 Å². The number of hydrogen-bond acceptors (Lipinski definition) is 5. The zero-order valence-electron chi connectivity index (χ0n) is 29.4. The summed E-state index contributed by atoms with van der Waals surface area (Å²) in [5.74, 6) is -1.79. The van der Waals surface area contributed by atoms with Gasteiger partial charge in [0.25, 0.3) is 5.69 Å². The molecule has 5 aromatic rings. The quantitative estimate of drug-likeness (QED) is 0.0688. The van der Waals surface area contributed by atoms with Crippen LogP contribution in [-0.4, -0.2) is 50.5 Å². The van der Waals surface area contributed by atoms with E-state index in [-0.39, 0.29) is 31.6 Å². The van der Waals surface area contributed by atoms with Gasteiger partial charge in [0, 0.05) is 47.1 Å². The normalized spacial score (nSPS) is 17.1. The van der Waals surface area contributed by atoms with Crippen LogP contribution in [0.15, 0.2) is 102 Å². The molecule has 0 radical (unpaired) electrons. The molecule has 0 fully saturated rings. The number of nitrogens with zero attached hydrogens (tertiary/aromatic N) is 3. The standard InChI is InChI=1S/C42H39N3O6/c1-25(22-34-41(2,3)38-32-24-27(45(50)51)16-14-26(32)15-17-33(38)43(34)20-18-36(46)47)23-35-42(4,5)39-30-12-8-6-10-28(30)29-11-7-9-13-31(29)40(39)44(35)21-19-37(48)49/h6-17,22-24H,18-21H2,1-5H3,(H-,46,47,48,49)/p+1. The molecule has 0 bridgehead atoms. The summed E-state index contributed by atoms with van der Waals surface area (Å²) in [5, 5.41) is 37.4. The van der Waals surface area contributed by atoms with E-state index in [0.29, 0.717) is 0 Å². The number of carboxylic acid groups (broad SMARTS) is 2. The van der Waals surface area contributed by atoms with Crippen LogP contribution >= 0.6 is 0 Å². The molecule has 258 valence electrons. The number of aliphatic carboxylic acids is 2. The molecule has 5 aromatic carbocycles. The van der Waals surface area contributed by atoms with Gasteiger partial charge in [0.05, 0.1) is 22.1 Å². The van der Waals surface area contributed by atoms with Crippen LogP contribution in [0.1, 0.15) is 58.6 Å². The van der Waals surface area contributed by atoms with Gasteiger partial charge in [-0.15, -0.1) is 0 Å². The predicted octanol–water partition coefficient (Wildman–Crippen LogP) is 9.01. The molecule has 0 aliphatic carbocycles. The van der Waals surface area contributed by atoms with E-state index in [1.807, 2.05) is 48.2 Å². The predicted molar refractivity (Wildman–Crippen MR) is 202 cm³/mol. The number of hydrogen-bond donors (Lipinski definition) is 2. The second kappa shape index (κ2) is 12.2. The van der Waals surface area contributed by atoms with E-state index in [2.05, 4.69) is 68.7 Å². The summed E-state index contributed by atoms with van der Waals surface area (Å²) in [6.45, 7) is 11.1. The van der Waals surface area contributed by atoms with Gasteiger partial charge in [-0.2, -0.15) is 4.58 Å². The second-order valence-corrected chi connectivity index (χ2v) is 14.6. The number of rotatable bonds is 9. The summed E-state index contributed by atoms with van der Waals surface area (Å²) in [6.07, 6.45) is 4.09. The number of nitro groups is 1. The molecule has 2 heterocycles. The van der Waals surface area contributed by atoms with Gasteiger partial charge < -0.3 is 15.1 Å². The molecular weight excluding hydrogens is 642 g/mol. The van der Waals surface area contributed by atoms with Crippen LogP contribution in [0, 0.1) is 10.1 Å². The number of non-ortho nitro benzene ring substituents is 1. The van der Waals surface area contributed by atoms with E-state index in [1.165, 1.54) is 6.07 Å². The lowest BCUT2D eigenvalue weighted by Crippen LogP contribution is -2.29. The van der Waals surface area contributed by atoms with Crippen LogP contribution in [0.25, 0.3) is 32.3 Å². The van der Waals surface area contributed by atoms with Gasteiger partial charge >= 0.3 is 11.9 Å². The molecule has 0 amide bonds. The average Bonchev–Trinajstić information content (AvgIpc) is 3.44. The fourth-order valence-electron chi connectivity index (χ4n) is 8.39. The lowest BCUT2D eigenvalue weighted by molar-refractivity contribution is -0.435. The maximum atomic E-state index is 12.0. The van der Waals surface area contributed by atoms with Crippen molar-refractivity contribution in [1.82, 2.24) is 0 Å². The first kappa shape index (κ1) is 33.7. The van der Waals surface area contributed by atoms with Crippen LogP contribution in [-0.2, 0) is 20.4 Å². The molecule has 51 heavy (non-hydrogen) atoms. The van der Waals surface area contributed by atoms with E-state index in [4.69, 9.17) is 0 Å². The first-order valence-corrected chi connectivity index (χ1v) is 17.1. The molecular formula is C42H40N3O6+. The zero-order chi connectivity index (χ0) is 36.4. The van der Waals surface area contributed by atoms with Crippen LogP contribution in [0.4, 0.5) is 17.1 Å². The van der Waals surface area contributed by atoms with E-state index in [9.17, 15) is 29.9 Å². The molecule has 9 nitrogen and oxygen atoms in total. The van der Waals surface area contributed by atoms with Crippen LogP contribution in [0.3, 0.4) is 0 Å². The zero-order valence-corrected chi connectivity index (χ0v) is 29.4. The fraction of sp³-hybridized carbons (Fsp3) is 0.262. The number of anilines is 1. The van der Waals surface area contributed by atoms with Crippen molar-refractivity contribution in [2.45, 2.75) is 58.3 Å². The molecule has 0 unspecified atom stereocenters. The van der Waals surface area contributed by atoms with E-state index in [0.717, 1.165) is 71.8 Å². The highest BCUT2D eigenvalue weighted by molar-refractivity contribution is 6.19. The van der Waals surface area contributed by atoms with Crippen LogP contribution in [0.5, 0.6) is 0 Å². The van der Waals surface area contributed by atoms with Crippen molar-refractivity contribution < 1.29 is 29.3 Å². The Bertz CT molecular complexity index is 2430. The Kier molecular flexibility index (Phi) is 8.05. The molecule has 0 atom stereocenters. The van der Waals surface area contributed by atoms with Gasteiger partial charge in [0.2, 0.25) is 5.69 Å². The van der Waals surface area contributed by atoms with E-state index < -0.39 is 27.7 Å². The second-order valence-electron chi connectivity index (χ2n) is 14.6. The molecule has 9 heteroatoms. The Morgan fingerprint density at radius 1 is 0.804 bits per heavy atom. The maximum Gasteiger partial charge on any atom is 0.309 e. The third-order valence-corrected chi connectivity index (χ3v) is 10.6. The molecule has 0 aromatic heterocycles. The first-order chi connectivity index (χ1) is 24.2. The first-order valence-electron chi connectivity index (χ1n) is 17.1. The summed E-state index contributed by atoms with van der Waals surface area (Å²) >= 11 is 0. The van der Waals surface area contributed by atoms with Gasteiger partial charge in [0.1, 0.15) is 6.42 Å². The third-order valence-electron chi connectivity index (χ3n) is 10.6. The van der Waals surface area contributed by atoms with Gasteiger partial charge in [0.15, 0.2) is 12.3 Å². The van der Waals surface area contributed by atoms with Crippen molar-refractivity contribution in [3.63, 3.8) is 0 Å². The Hall–Kier alpha value is -5.83. The molecule has 0 spiro atoms. The average molecular weight is 683 g/mol. The molecule has 2 aliphatic heterocycles. The minimum absolute atomic E-state index is 0.00165. The van der Waals surface area contributed by atoms with Gasteiger partial charge in [-0.05, 0) is 83.1 Å². The van der Waals surface area contributed by atoms with Crippen molar-refractivity contribution in [3.05, 3.63) is 124 Å². The lowest BCUT2D eigenvalue weighted by Gasteiger charge is -2.27. The summed E-state index contributed by atoms with van der Waals surface area (Å²) < 4.78 is 2.17. The molecule has 0 saturated carbocycles. The van der Waals surface area contributed by atoms with Gasteiger partial charge in [-0.25, -0.2) is 0 Å². The summed E-state index contributed by atoms with van der Waals surface area (Å²) in [6, 6.07) is 25.4. The number of carbonyl (C=O) groups is 2. The third kappa shape index (κ3) is 5.44. The van der Waals surface area contributed by atoms with Crippen molar-refractivity contribution in [2.75, 3.05) is 18.0 Å². The highest BCUT2D eigenvalue weighted by Crippen LogP contribution is 2.52. The van der Waals surface area contributed by atoms with Crippen molar-refractivity contribution in [3.8, 4) is 0 Å². The van der Waals surface area contributed by atoms with Crippen molar-refractivity contribution in [1.29, 1.82) is 0 Å². The largest absolute Gasteiger partial charge is 0.481 e. The summed E-state index contributed by atoms with van der Waals surface area (Å²) in [7, 11) is 0. The number of nitro benzene ring substituents is 1. The summed E-state index contributed by atoms with van der Waals surface area (Å²) in [4.78, 5) is 37.3. The van der Waals surface area contributed by atoms with Crippen LogP contribution in [0.2, 0.25) is 0 Å². The number of carboxylic acids is 2. The minimum atomic E-state index is -0.918. The molecule has 2 N–H and O–H groups in total. The SMILES string of the molecule is CC(=CC1=[N+](CCC(=O)O)c2c(c3ccccc3c3ccccc23)C1(C)C)C=C1N(CCC(=O)O)c2ccc3ccc([N+](=O)[O-])cc3c2C1(C)C. The highest BCUT2D eigenvalue weighted by atomic mass is 16.6. The smallest absolute Gasteiger partial charge is 0.309 e. The van der Waals surface area contributed by atoms with Gasteiger partial charge in [-0.3, -0.25) is 19.7 Å². The topological polar surface area (TPSA) is 124 Å². The monoisotopic (exact) mass is 682 g/mol. The van der Waals surface area contributed by atoms with Gasteiger partial charge in [-0.1, -0.05) is 62.4 Å². The van der Waals surface area contributed by atoms with Crippen molar-refractivity contribution in [2.24, 2.45) is 0 Å². The molecule has 2 aliphatic rings. The molecule has 0 saturated heterocycles. The number of allylic oxidation sites excluding steroid dienone is 4. The lowest BCUT2D eigenvalue weighted by atomic mass is 9.77. The minimum Gasteiger partial charge on any atom is -0.481 e. The fourth-order valence-corrected chi connectivity index (χ4v) is 8.39. The Balaban J connectivity index is 1.44. The number of fused-ring (bicyclic) bond motifs is 9. The summed E-state index contributed by atoms with van der Waals surface area (Å²) in [5.41, 5.74) is 5.55. The highest BCUT2D eigenvalue weighted by Gasteiger charge is 2.47. The van der Waals surface area contributed by atoms with Crippen molar-refractivity contribution >= 4 is 67.0 Å².